The molecule has 7 heteroatoms. The normalized spacial score (nSPS) is 20.4. The van der Waals surface area contributed by atoms with Crippen molar-refractivity contribution in [1.29, 1.82) is 0 Å². The Morgan fingerprint density at radius 2 is 2.00 bits per heavy atom. The highest BCUT2D eigenvalue weighted by atomic mass is 16.3. The third-order valence-electron chi connectivity index (χ3n) is 5.70. The molecule has 160 valence electrons. The third-order valence-corrected chi connectivity index (χ3v) is 5.70. The van der Waals surface area contributed by atoms with Crippen molar-refractivity contribution in [3.8, 4) is 0 Å². The monoisotopic (exact) mass is 410 g/mol. The highest BCUT2D eigenvalue weighted by Crippen LogP contribution is 2.43. The van der Waals surface area contributed by atoms with Crippen molar-refractivity contribution in [1.82, 2.24) is 10.3 Å². The molecule has 0 saturated heterocycles. The first-order valence-corrected chi connectivity index (χ1v) is 10.4. The van der Waals surface area contributed by atoms with E-state index in [4.69, 9.17) is 5.11 Å². The van der Waals surface area contributed by atoms with Crippen LogP contribution in [-0.4, -0.2) is 41.1 Å². The number of carbonyl (C=O) groups excluding carboxylic acids is 2. The van der Waals surface area contributed by atoms with E-state index in [1.807, 2.05) is 42.2 Å². The molecular formula is C23H30N4O3. The van der Waals surface area contributed by atoms with Crippen LogP contribution in [0.15, 0.2) is 36.4 Å². The Bertz CT molecular complexity index is 930. The number of hydrogen-bond donors (Lipinski definition) is 3. The summed E-state index contributed by atoms with van der Waals surface area (Å²) in [5.41, 5.74) is 3.12. The predicted octanol–water partition coefficient (Wildman–Crippen LogP) is 3.05. The molecular weight excluding hydrogens is 380 g/mol. The first kappa shape index (κ1) is 21.8. The largest absolute Gasteiger partial charge is 0.395 e. The summed E-state index contributed by atoms with van der Waals surface area (Å²) >= 11 is 0. The number of nitrogens with zero attached hydrogens (tertiary/aromatic N) is 2. The lowest BCUT2D eigenvalue weighted by Crippen LogP contribution is -2.49. The molecule has 3 atom stereocenters. The number of carbonyl (C=O) groups is 2. The van der Waals surface area contributed by atoms with Crippen molar-refractivity contribution < 1.29 is 14.7 Å². The summed E-state index contributed by atoms with van der Waals surface area (Å²) in [5, 5.41) is 15.2. The summed E-state index contributed by atoms with van der Waals surface area (Å²) in [6, 6.07) is 11.2. The minimum atomic E-state index is -0.251. The molecule has 7 nitrogen and oxygen atoms in total. The van der Waals surface area contributed by atoms with Gasteiger partial charge in [-0.25, -0.2) is 4.98 Å². The molecule has 1 aromatic heterocycles. The minimum Gasteiger partial charge on any atom is -0.395 e. The molecule has 0 fully saturated rings. The van der Waals surface area contributed by atoms with Crippen molar-refractivity contribution >= 4 is 23.3 Å². The number of nitrogens with one attached hydrogen (secondary N) is 2. The lowest BCUT2D eigenvalue weighted by atomic mass is 9.80. The lowest BCUT2D eigenvalue weighted by molar-refractivity contribution is -0.117. The molecule has 2 aromatic rings. The van der Waals surface area contributed by atoms with Crippen molar-refractivity contribution in [2.45, 2.75) is 46.2 Å². The number of fused-ring (bicyclic) bond motifs is 1. The standard InChI is InChI=1S/C23H30N4O3/c1-5-19-15(3)22(26-21-8-6-7-14(2)25-21)18-13-17(23(30)24-11-12-28)9-10-20(18)27(19)16(4)29/h6-10,13,15,19,22,28H,5,11-12H2,1-4H3,(H,24,30)(H,25,26)/t15-,19-,22?/m0/s1. The molecule has 0 spiro atoms. The third kappa shape index (κ3) is 4.31. The van der Waals surface area contributed by atoms with E-state index in [1.165, 1.54) is 0 Å². The van der Waals surface area contributed by atoms with E-state index in [0.29, 0.717) is 5.56 Å². The predicted molar refractivity (Wildman–Crippen MR) is 118 cm³/mol. The van der Waals surface area contributed by atoms with E-state index in [-0.39, 0.29) is 43.0 Å². The van der Waals surface area contributed by atoms with Gasteiger partial charge in [0.1, 0.15) is 5.82 Å². The molecule has 3 N–H and O–H groups in total. The molecule has 0 radical (unpaired) electrons. The number of aliphatic hydroxyl groups excluding tert-OH is 1. The van der Waals surface area contributed by atoms with Crippen LogP contribution >= 0.6 is 0 Å². The number of amides is 2. The van der Waals surface area contributed by atoms with Gasteiger partial charge in [0.05, 0.1) is 12.6 Å². The SMILES string of the molecule is CC[C@H]1[C@H](C)C(Nc2cccc(C)n2)c2cc(C(=O)NCCO)ccc2N1C(C)=O. The number of aromatic nitrogens is 1. The highest BCUT2D eigenvalue weighted by Gasteiger charge is 2.40. The second-order valence-electron chi connectivity index (χ2n) is 7.76. The first-order chi connectivity index (χ1) is 14.4. The van der Waals surface area contributed by atoms with Crippen LogP contribution < -0.4 is 15.5 Å². The summed E-state index contributed by atoms with van der Waals surface area (Å²) in [6.45, 7) is 7.81. The Morgan fingerprint density at radius 1 is 1.23 bits per heavy atom. The van der Waals surface area contributed by atoms with Crippen molar-refractivity contribution in [3.05, 3.63) is 53.2 Å². The Morgan fingerprint density at radius 3 is 2.63 bits per heavy atom. The van der Waals surface area contributed by atoms with E-state index in [1.54, 1.807) is 13.0 Å². The van der Waals surface area contributed by atoms with Gasteiger partial charge in [-0.3, -0.25) is 9.59 Å². The van der Waals surface area contributed by atoms with Gasteiger partial charge in [0.15, 0.2) is 0 Å². The zero-order valence-corrected chi connectivity index (χ0v) is 18.0. The van der Waals surface area contributed by atoms with Crippen LogP contribution in [0, 0.1) is 12.8 Å². The van der Waals surface area contributed by atoms with Gasteiger partial charge in [-0.15, -0.1) is 0 Å². The van der Waals surface area contributed by atoms with Gasteiger partial charge in [0, 0.05) is 42.4 Å². The maximum Gasteiger partial charge on any atom is 0.251 e. The summed E-state index contributed by atoms with van der Waals surface area (Å²) in [5.74, 6) is 0.599. The zero-order chi connectivity index (χ0) is 21.8. The molecule has 1 unspecified atom stereocenters. The Labute approximate surface area is 177 Å². The van der Waals surface area contributed by atoms with Gasteiger partial charge < -0.3 is 20.6 Å². The summed E-state index contributed by atoms with van der Waals surface area (Å²) in [7, 11) is 0. The van der Waals surface area contributed by atoms with E-state index in [9.17, 15) is 9.59 Å². The van der Waals surface area contributed by atoms with Crippen molar-refractivity contribution in [3.63, 3.8) is 0 Å². The number of hydrogen-bond acceptors (Lipinski definition) is 5. The van der Waals surface area contributed by atoms with Crippen molar-refractivity contribution in [2.24, 2.45) is 5.92 Å². The van der Waals surface area contributed by atoms with Crippen LogP contribution in [0.4, 0.5) is 11.5 Å². The molecule has 2 amide bonds. The smallest absolute Gasteiger partial charge is 0.251 e. The number of anilines is 2. The van der Waals surface area contributed by atoms with E-state index in [2.05, 4.69) is 29.5 Å². The quantitative estimate of drug-likeness (QED) is 0.680. The topological polar surface area (TPSA) is 94.6 Å². The average Bonchev–Trinajstić information content (AvgIpc) is 2.72. The van der Waals surface area contributed by atoms with Crippen LogP contribution in [0.1, 0.15) is 54.8 Å². The van der Waals surface area contributed by atoms with Gasteiger partial charge in [-0.05, 0) is 49.2 Å². The van der Waals surface area contributed by atoms with E-state index in [0.717, 1.165) is 29.2 Å². The van der Waals surface area contributed by atoms with E-state index < -0.39 is 0 Å². The Hall–Kier alpha value is -2.93. The number of pyridine rings is 1. The molecule has 30 heavy (non-hydrogen) atoms. The fourth-order valence-electron chi connectivity index (χ4n) is 4.30. The zero-order valence-electron chi connectivity index (χ0n) is 18.0. The first-order valence-electron chi connectivity index (χ1n) is 10.4. The molecule has 1 aliphatic heterocycles. The van der Waals surface area contributed by atoms with Gasteiger partial charge in [-0.1, -0.05) is 19.9 Å². The van der Waals surface area contributed by atoms with Gasteiger partial charge in [0.25, 0.3) is 5.91 Å². The highest BCUT2D eigenvalue weighted by molar-refractivity contribution is 5.98. The fourth-order valence-corrected chi connectivity index (χ4v) is 4.30. The molecule has 1 aliphatic rings. The molecule has 0 aliphatic carbocycles. The summed E-state index contributed by atoms with van der Waals surface area (Å²) < 4.78 is 0. The minimum absolute atomic E-state index is 0.0143. The summed E-state index contributed by atoms with van der Waals surface area (Å²) in [4.78, 5) is 31.4. The maximum atomic E-state index is 12.5. The van der Waals surface area contributed by atoms with Crippen LogP contribution in [0.25, 0.3) is 0 Å². The van der Waals surface area contributed by atoms with Crippen molar-refractivity contribution in [2.75, 3.05) is 23.4 Å². The number of benzene rings is 1. The molecule has 2 heterocycles. The second-order valence-corrected chi connectivity index (χ2v) is 7.76. The van der Waals surface area contributed by atoms with Crippen LogP contribution in [0.5, 0.6) is 0 Å². The van der Waals surface area contributed by atoms with Crippen LogP contribution in [0.2, 0.25) is 0 Å². The van der Waals surface area contributed by atoms with Gasteiger partial charge in [-0.2, -0.15) is 0 Å². The molecule has 1 aromatic carbocycles. The number of rotatable bonds is 6. The van der Waals surface area contributed by atoms with Gasteiger partial charge in [0.2, 0.25) is 5.91 Å². The van der Waals surface area contributed by atoms with Gasteiger partial charge >= 0.3 is 0 Å². The Balaban J connectivity index is 2.08. The van der Waals surface area contributed by atoms with Crippen LogP contribution in [-0.2, 0) is 4.79 Å². The average molecular weight is 411 g/mol. The summed E-state index contributed by atoms with van der Waals surface area (Å²) in [6.07, 6.45) is 0.818. The maximum absolute atomic E-state index is 12.5. The lowest BCUT2D eigenvalue weighted by Gasteiger charge is -2.45. The number of aliphatic hydroxyl groups is 1. The molecule has 3 rings (SSSR count). The van der Waals surface area contributed by atoms with E-state index >= 15 is 0 Å². The van der Waals surface area contributed by atoms with Crippen LogP contribution in [0.3, 0.4) is 0 Å². The fraction of sp³-hybridized carbons (Fsp3) is 0.435. The number of aryl methyl sites for hydroxylation is 1. The molecule has 0 saturated carbocycles. The second kappa shape index (κ2) is 9.26. The Kier molecular flexibility index (Phi) is 6.72. The molecule has 0 bridgehead atoms.